The van der Waals surface area contributed by atoms with Crippen LogP contribution in [0.15, 0.2) is 18.2 Å². The molecule has 3 aliphatic rings. The highest BCUT2D eigenvalue weighted by atomic mass is 19.1. The lowest BCUT2D eigenvalue weighted by atomic mass is 9.92. The van der Waals surface area contributed by atoms with E-state index in [-0.39, 0.29) is 11.7 Å². The van der Waals surface area contributed by atoms with E-state index in [1.807, 2.05) is 4.90 Å². The molecule has 0 spiro atoms. The molecular formula is C19H26FN3O. The summed E-state index contributed by atoms with van der Waals surface area (Å²) < 4.78 is 14.5. The lowest BCUT2D eigenvalue weighted by Gasteiger charge is -2.22. The fourth-order valence-corrected chi connectivity index (χ4v) is 4.46. The van der Waals surface area contributed by atoms with Gasteiger partial charge in [0, 0.05) is 31.7 Å². The van der Waals surface area contributed by atoms with Crippen LogP contribution in [0, 0.1) is 17.7 Å². The van der Waals surface area contributed by atoms with Gasteiger partial charge in [0.25, 0.3) is 5.91 Å². The van der Waals surface area contributed by atoms with Gasteiger partial charge in [0.05, 0.1) is 5.69 Å². The molecule has 0 saturated carbocycles. The van der Waals surface area contributed by atoms with Crippen LogP contribution in [-0.2, 0) is 0 Å². The predicted molar refractivity (Wildman–Crippen MR) is 92.8 cm³/mol. The molecule has 0 radical (unpaired) electrons. The van der Waals surface area contributed by atoms with Crippen molar-refractivity contribution in [3.63, 3.8) is 0 Å². The molecule has 3 saturated heterocycles. The summed E-state index contributed by atoms with van der Waals surface area (Å²) in [6.45, 7) is 5.55. The zero-order chi connectivity index (χ0) is 16.5. The molecule has 4 nitrogen and oxygen atoms in total. The average Bonchev–Trinajstić information content (AvgIpc) is 3.23. The van der Waals surface area contributed by atoms with Crippen LogP contribution in [0.4, 0.5) is 10.1 Å². The van der Waals surface area contributed by atoms with Crippen molar-refractivity contribution in [1.82, 2.24) is 10.2 Å². The summed E-state index contributed by atoms with van der Waals surface area (Å²) in [4.78, 5) is 16.8. The smallest absolute Gasteiger partial charge is 0.253 e. The van der Waals surface area contributed by atoms with E-state index in [2.05, 4.69) is 10.2 Å². The van der Waals surface area contributed by atoms with Crippen LogP contribution in [0.1, 0.15) is 36.0 Å². The van der Waals surface area contributed by atoms with Gasteiger partial charge in [-0.2, -0.15) is 0 Å². The van der Waals surface area contributed by atoms with E-state index in [1.165, 1.54) is 6.07 Å². The summed E-state index contributed by atoms with van der Waals surface area (Å²) in [5.41, 5.74) is 1.13. The van der Waals surface area contributed by atoms with Gasteiger partial charge in [-0.25, -0.2) is 4.39 Å². The summed E-state index contributed by atoms with van der Waals surface area (Å²) in [6.07, 6.45) is 4.34. The molecule has 130 valence electrons. The molecule has 0 bridgehead atoms. The van der Waals surface area contributed by atoms with Crippen LogP contribution < -0.4 is 10.2 Å². The average molecular weight is 331 g/mol. The molecule has 4 rings (SSSR count). The Labute approximate surface area is 143 Å². The third-order valence-corrected chi connectivity index (χ3v) is 5.95. The molecule has 1 aromatic carbocycles. The summed E-state index contributed by atoms with van der Waals surface area (Å²) in [5.74, 6) is 1.10. The van der Waals surface area contributed by atoms with E-state index >= 15 is 0 Å². The number of likely N-dealkylation sites (tertiary alicyclic amines) is 1. The number of amides is 1. The first-order valence-corrected chi connectivity index (χ1v) is 9.27. The van der Waals surface area contributed by atoms with E-state index in [4.69, 9.17) is 0 Å². The fourth-order valence-electron chi connectivity index (χ4n) is 4.46. The second-order valence-corrected chi connectivity index (χ2v) is 7.41. The van der Waals surface area contributed by atoms with Crippen molar-refractivity contribution in [3.8, 4) is 0 Å². The first-order chi connectivity index (χ1) is 11.7. The minimum absolute atomic E-state index is 0.0187. The summed E-state index contributed by atoms with van der Waals surface area (Å²) in [5, 5.41) is 3.45. The Hall–Kier alpha value is -1.62. The molecule has 1 N–H and O–H groups in total. The molecule has 1 amide bonds. The number of nitrogens with one attached hydrogen (secondary N) is 1. The number of benzene rings is 1. The van der Waals surface area contributed by atoms with Gasteiger partial charge in [-0.15, -0.1) is 0 Å². The van der Waals surface area contributed by atoms with Crippen LogP contribution in [0.5, 0.6) is 0 Å². The Morgan fingerprint density at radius 1 is 1.04 bits per heavy atom. The van der Waals surface area contributed by atoms with Crippen LogP contribution in [-0.4, -0.2) is 50.1 Å². The van der Waals surface area contributed by atoms with Gasteiger partial charge in [-0.05, 0) is 68.8 Å². The standard InChI is InChI=1S/C19H26FN3O/c20-17-11-14(3-4-18(17)22-7-1-2-8-22)19(24)23-9-5-15-12-21-13-16(15)6-10-23/h3-4,11,15-16,21H,1-2,5-10,12-13H2/t15-,16+. The van der Waals surface area contributed by atoms with Gasteiger partial charge < -0.3 is 15.1 Å². The Morgan fingerprint density at radius 2 is 1.71 bits per heavy atom. The third-order valence-electron chi connectivity index (χ3n) is 5.95. The molecule has 0 aliphatic carbocycles. The van der Waals surface area contributed by atoms with Crippen molar-refractivity contribution >= 4 is 11.6 Å². The molecule has 3 heterocycles. The number of rotatable bonds is 2. The van der Waals surface area contributed by atoms with Gasteiger partial charge in [-0.3, -0.25) is 4.79 Å². The maximum absolute atomic E-state index is 14.5. The zero-order valence-electron chi connectivity index (χ0n) is 14.1. The van der Waals surface area contributed by atoms with Gasteiger partial charge in [0.1, 0.15) is 5.82 Å². The van der Waals surface area contributed by atoms with Crippen molar-refractivity contribution in [1.29, 1.82) is 0 Å². The Morgan fingerprint density at radius 3 is 2.33 bits per heavy atom. The first-order valence-electron chi connectivity index (χ1n) is 9.27. The minimum Gasteiger partial charge on any atom is -0.369 e. The van der Waals surface area contributed by atoms with Crippen molar-refractivity contribution in [2.75, 3.05) is 44.2 Å². The predicted octanol–water partition coefficient (Wildman–Crippen LogP) is 2.50. The number of carbonyl (C=O) groups excluding carboxylic acids is 1. The second kappa shape index (κ2) is 6.71. The number of halogens is 1. The number of hydrogen-bond donors (Lipinski definition) is 1. The SMILES string of the molecule is O=C(c1ccc(N2CCCC2)c(F)c1)N1CC[C@@H]2CNC[C@@H]2CC1. The van der Waals surface area contributed by atoms with E-state index in [9.17, 15) is 9.18 Å². The van der Waals surface area contributed by atoms with E-state index in [1.54, 1.807) is 12.1 Å². The molecule has 0 aromatic heterocycles. The highest BCUT2D eigenvalue weighted by Gasteiger charge is 2.31. The molecule has 3 fully saturated rings. The molecule has 3 aliphatic heterocycles. The number of carbonyl (C=O) groups is 1. The van der Waals surface area contributed by atoms with Crippen LogP contribution in [0.2, 0.25) is 0 Å². The molecule has 2 atom stereocenters. The van der Waals surface area contributed by atoms with Gasteiger partial charge in [-0.1, -0.05) is 0 Å². The summed E-state index contributed by atoms with van der Waals surface area (Å²) >= 11 is 0. The maximum atomic E-state index is 14.5. The van der Waals surface area contributed by atoms with Crippen LogP contribution in [0.25, 0.3) is 0 Å². The first kappa shape index (κ1) is 15.9. The number of nitrogens with zero attached hydrogens (tertiary/aromatic N) is 2. The van der Waals surface area contributed by atoms with E-state index in [0.717, 1.165) is 65.0 Å². The number of hydrogen-bond acceptors (Lipinski definition) is 3. The number of anilines is 1. The van der Waals surface area contributed by atoms with Crippen LogP contribution in [0.3, 0.4) is 0 Å². The quantitative estimate of drug-likeness (QED) is 0.904. The van der Waals surface area contributed by atoms with Crippen LogP contribution >= 0.6 is 0 Å². The topological polar surface area (TPSA) is 35.6 Å². The molecule has 1 aromatic rings. The normalized spacial score (nSPS) is 27.2. The van der Waals surface area contributed by atoms with Crippen molar-refractivity contribution < 1.29 is 9.18 Å². The molecule has 5 heteroatoms. The lowest BCUT2D eigenvalue weighted by Crippen LogP contribution is -2.33. The van der Waals surface area contributed by atoms with Crippen molar-refractivity contribution in [3.05, 3.63) is 29.6 Å². The largest absolute Gasteiger partial charge is 0.369 e. The Kier molecular flexibility index (Phi) is 4.44. The maximum Gasteiger partial charge on any atom is 0.253 e. The van der Waals surface area contributed by atoms with Crippen molar-refractivity contribution in [2.24, 2.45) is 11.8 Å². The van der Waals surface area contributed by atoms with Gasteiger partial charge >= 0.3 is 0 Å². The zero-order valence-corrected chi connectivity index (χ0v) is 14.1. The van der Waals surface area contributed by atoms with Crippen molar-refractivity contribution in [2.45, 2.75) is 25.7 Å². The Bertz CT molecular complexity index is 601. The monoisotopic (exact) mass is 331 g/mol. The highest BCUT2D eigenvalue weighted by molar-refractivity contribution is 5.94. The summed E-state index contributed by atoms with van der Waals surface area (Å²) in [6, 6.07) is 5.01. The Balaban J connectivity index is 1.46. The fraction of sp³-hybridized carbons (Fsp3) is 0.632. The molecule has 24 heavy (non-hydrogen) atoms. The van der Waals surface area contributed by atoms with Gasteiger partial charge in [0.15, 0.2) is 0 Å². The number of fused-ring (bicyclic) bond motifs is 1. The highest BCUT2D eigenvalue weighted by Crippen LogP contribution is 2.29. The third kappa shape index (κ3) is 3.02. The summed E-state index contributed by atoms with van der Waals surface area (Å²) in [7, 11) is 0. The second-order valence-electron chi connectivity index (χ2n) is 7.41. The molecular weight excluding hydrogens is 305 g/mol. The van der Waals surface area contributed by atoms with E-state index < -0.39 is 0 Å². The minimum atomic E-state index is -0.265. The lowest BCUT2D eigenvalue weighted by molar-refractivity contribution is 0.0758. The molecule has 0 unspecified atom stereocenters. The van der Waals surface area contributed by atoms with Gasteiger partial charge in [0.2, 0.25) is 0 Å². The van der Waals surface area contributed by atoms with E-state index in [0.29, 0.717) is 23.1 Å².